The van der Waals surface area contributed by atoms with Gasteiger partial charge >= 0.3 is 5.97 Å². The second-order valence-corrected chi connectivity index (χ2v) is 3.22. The molecule has 0 heterocycles. The molecular weight excluding hydrogens is 221 g/mol. The van der Waals surface area contributed by atoms with E-state index in [4.69, 9.17) is 16.3 Å². The molecule has 0 radical (unpaired) electrons. The topological polar surface area (TPSA) is 38.3 Å². The van der Waals surface area contributed by atoms with Crippen molar-refractivity contribution in [2.75, 3.05) is 19.0 Å². The predicted octanol–water partition coefficient (Wildman–Crippen LogP) is 2.70. The molecule has 1 N–H and O–H groups in total. The van der Waals surface area contributed by atoms with Gasteiger partial charge in [-0.15, -0.1) is 0 Å². The number of anilines is 1. The van der Waals surface area contributed by atoms with Crippen molar-refractivity contribution in [1.82, 2.24) is 0 Å². The zero-order valence-corrected chi connectivity index (χ0v) is 9.19. The van der Waals surface area contributed by atoms with Gasteiger partial charge in [0.05, 0.1) is 17.9 Å². The van der Waals surface area contributed by atoms with Gasteiger partial charge in [0.25, 0.3) is 0 Å². The van der Waals surface area contributed by atoms with E-state index in [0.717, 1.165) is 6.07 Å². The standard InChI is InChI=1S/C10H11ClFNO2/c1-3-15-10(14)7-4-6(11)5-8(12)9(7)13-2/h4-5,13H,3H2,1-2H3. The molecule has 0 saturated carbocycles. The number of halogens is 2. The highest BCUT2D eigenvalue weighted by atomic mass is 35.5. The molecule has 0 aliphatic rings. The van der Waals surface area contributed by atoms with Crippen LogP contribution in [0, 0.1) is 5.82 Å². The first-order valence-corrected chi connectivity index (χ1v) is 4.81. The van der Waals surface area contributed by atoms with Crippen LogP contribution in [0.2, 0.25) is 5.02 Å². The maximum Gasteiger partial charge on any atom is 0.340 e. The van der Waals surface area contributed by atoms with E-state index in [0.29, 0.717) is 0 Å². The van der Waals surface area contributed by atoms with E-state index < -0.39 is 11.8 Å². The van der Waals surface area contributed by atoms with Gasteiger partial charge in [-0.25, -0.2) is 9.18 Å². The summed E-state index contributed by atoms with van der Waals surface area (Å²) in [6, 6.07) is 2.50. The summed E-state index contributed by atoms with van der Waals surface area (Å²) >= 11 is 5.65. The molecule has 15 heavy (non-hydrogen) atoms. The number of nitrogens with one attached hydrogen (secondary N) is 1. The molecule has 0 amide bonds. The van der Waals surface area contributed by atoms with Crippen molar-refractivity contribution in [3.8, 4) is 0 Å². The number of hydrogen-bond donors (Lipinski definition) is 1. The monoisotopic (exact) mass is 231 g/mol. The van der Waals surface area contributed by atoms with E-state index in [2.05, 4.69) is 5.32 Å². The molecule has 3 nitrogen and oxygen atoms in total. The Bertz CT molecular complexity index is 382. The number of ether oxygens (including phenoxy) is 1. The van der Waals surface area contributed by atoms with Gasteiger partial charge in [0, 0.05) is 12.1 Å². The van der Waals surface area contributed by atoms with Crippen LogP contribution in [-0.4, -0.2) is 19.6 Å². The summed E-state index contributed by atoms with van der Waals surface area (Å²) in [5.41, 5.74) is 0.196. The highest BCUT2D eigenvalue weighted by molar-refractivity contribution is 6.31. The van der Waals surface area contributed by atoms with Crippen molar-refractivity contribution in [2.24, 2.45) is 0 Å². The van der Waals surface area contributed by atoms with Crippen LogP contribution >= 0.6 is 11.6 Å². The van der Waals surface area contributed by atoms with E-state index in [9.17, 15) is 9.18 Å². The average Bonchev–Trinajstić information content (AvgIpc) is 2.17. The maximum absolute atomic E-state index is 13.4. The molecule has 0 bridgehead atoms. The quantitative estimate of drug-likeness (QED) is 0.813. The van der Waals surface area contributed by atoms with Crippen LogP contribution in [-0.2, 0) is 4.74 Å². The first kappa shape index (κ1) is 11.8. The van der Waals surface area contributed by atoms with Gasteiger partial charge in [-0.2, -0.15) is 0 Å². The van der Waals surface area contributed by atoms with Crippen molar-refractivity contribution in [3.05, 3.63) is 28.5 Å². The van der Waals surface area contributed by atoms with Gasteiger partial charge in [-0.05, 0) is 19.1 Å². The Morgan fingerprint density at radius 1 is 1.60 bits per heavy atom. The number of benzene rings is 1. The molecule has 5 heteroatoms. The summed E-state index contributed by atoms with van der Waals surface area (Å²) in [5, 5.41) is 2.76. The minimum Gasteiger partial charge on any atom is -0.462 e. The fourth-order valence-electron chi connectivity index (χ4n) is 1.20. The first-order valence-electron chi connectivity index (χ1n) is 4.44. The van der Waals surface area contributed by atoms with Crippen molar-refractivity contribution in [3.63, 3.8) is 0 Å². The van der Waals surface area contributed by atoms with Gasteiger partial charge in [-0.3, -0.25) is 0 Å². The third-order valence-corrected chi connectivity index (χ3v) is 2.02. The lowest BCUT2D eigenvalue weighted by Crippen LogP contribution is -2.09. The largest absolute Gasteiger partial charge is 0.462 e. The van der Waals surface area contributed by atoms with E-state index in [1.165, 1.54) is 13.1 Å². The van der Waals surface area contributed by atoms with E-state index in [1.54, 1.807) is 6.92 Å². The highest BCUT2D eigenvalue weighted by Crippen LogP contribution is 2.25. The SMILES string of the molecule is CCOC(=O)c1cc(Cl)cc(F)c1NC. The molecule has 1 aromatic rings. The van der Waals surface area contributed by atoms with Crippen molar-refractivity contribution < 1.29 is 13.9 Å². The maximum atomic E-state index is 13.4. The molecule has 0 fully saturated rings. The summed E-state index contributed by atoms with van der Waals surface area (Å²) in [5.74, 6) is -1.17. The Morgan fingerprint density at radius 3 is 2.80 bits per heavy atom. The van der Waals surface area contributed by atoms with E-state index in [-0.39, 0.29) is 22.9 Å². The Labute approximate surface area is 92.2 Å². The molecule has 0 aliphatic heterocycles. The lowest BCUT2D eigenvalue weighted by molar-refractivity contribution is 0.0527. The summed E-state index contributed by atoms with van der Waals surface area (Å²) in [7, 11) is 1.52. The fourth-order valence-corrected chi connectivity index (χ4v) is 1.40. The van der Waals surface area contributed by atoms with Gasteiger partial charge in [0.2, 0.25) is 0 Å². The second-order valence-electron chi connectivity index (χ2n) is 2.78. The van der Waals surface area contributed by atoms with Crippen LogP contribution in [0.15, 0.2) is 12.1 Å². The summed E-state index contributed by atoms with van der Waals surface area (Å²) in [6.07, 6.45) is 0. The Morgan fingerprint density at radius 2 is 2.27 bits per heavy atom. The molecule has 0 atom stereocenters. The van der Waals surface area contributed by atoms with E-state index in [1.807, 2.05) is 0 Å². The zero-order valence-electron chi connectivity index (χ0n) is 8.43. The van der Waals surface area contributed by atoms with Crippen LogP contribution < -0.4 is 5.32 Å². The molecule has 0 unspecified atom stereocenters. The van der Waals surface area contributed by atoms with Crippen molar-refractivity contribution in [1.29, 1.82) is 0 Å². The van der Waals surface area contributed by atoms with E-state index >= 15 is 0 Å². The van der Waals surface area contributed by atoms with Crippen molar-refractivity contribution >= 4 is 23.3 Å². The second kappa shape index (κ2) is 4.98. The zero-order chi connectivity index (χ0) is 11.4. The molecule has 1 rings (SSSR count). The highest BCUT2D eigenvalue weighted by Gasteiger charge is 2.16. The van der Waals surface area contributed by atoms with Crippen LogP contribution in [0.5, 0.6) is 0 Å². The number of carbonyl (C=O) groups excluding carboxylic acids is 1. The molecule has 0 aliphatic carbocycles. The molecule has 82 valence electrons. The lowest BCUT2D eigenvalue weighted by Gasteiger charge is -2.09. The summed E-state index contributed by atoms with van der Waals surface area (Å²) < 4.78 is 18.1. The van der Waals surface area contributed by atoms with Gasteiger partial charge in [0.15, 0.2) is 0 Å². The predicted molar refractivity (Wildman–Crippen MR) is 56.9 cm³/mol. The van der Waals surface area contributed by atoms with Crippen LogP contribution in [0.1, 0.15) is 17.3 Å². The first-order chi connectivity index (χ1) is 7.10. The molecule has 1 aromatic carbocycles. The smallest absolute Gasteiger partial charge is 0.340 e. The molecular formula is C10H11ClFNO2. The Kier molecular flexibility index (Phi) is 3.91. The number of hydrogen-bond acceptors (Lipinski definition) is 3. The fraction of sp³-hybridized carbons (Fsp3) is 0.300. The van der Waals surface area contributed by atoms with Gasteiger partial charge < -0.3 is 10.1 Å². The summed E-state index contributed by atoms with van der Waals surface area (Å²) in [6.45, 7) is 1.91. The summed E-state index contributed by atoms with van der Waals surface area (Å²) in [4.78, 5) is 11.4. The van der Waals surface area contributed by atoms with Crippen LogP contribution in [0.4, 0.5) is 10.1 Å². The Balaban J connectivity index is 3.20. The van der Waals surface area contributed by atoms with Gasteiger partial charge in [0.1, 0.15) is 5.82 Å². The number of rotatable bonds is 3. The minimum atomic E-state index is -0.594. The molecule has 0 saturated heterocycles. The minimum absolute atomic E-state index is 0.0952. The number of esters is 1. The molecule has 0 aromatic heterocycles. The Hall–Kier alpha value is -1.29. The van der Waals surface area contributed by atoms with Gasteiger partial charge in [-0.1, -0.05) is 11.6 Å². The molecule has 0 spiro atoms. The third-order valence-electron chi connectivity index (χ3n) is 1.80. The number of carbonyl (C=O) groups is 1. The van der Waals surface area contributed by atoms with Crippen LogP contribution in [0.3, 0.4) is 0 Å². The van der Waals surface area contributed by atoms with Crippen LogP contribution in [0.25, 0.3) is 0 Å². The van der Waals surface area contributed by atoms with Crippen molar-refractivity contribution in [2.45, 2.75) is 6.92 Å². The average molecular weight is 232 g/mol. The third kappa shape index (κ3) is 2.59. The normalized spacial score (nSPS) is 9.87. The lowest BCUT2D eigenvalue weighted by atomic mass is 10.1.